The first-order valence-electron chi connectivity index (χ1n) is 9.75. The first kappa shape index (κ1) is 21.3. The van der Waals surface area contributed by atoms with Gasteiger partial charge in [-0.2, -0.15) is 16.1 Å². The van der Waals surface area contributed by atoms with E-state index in [1.54, 1.807) is 18.2 Å². The molecule has 0 saturated carbocycles. The molecular formula is C21H23ClN2O4S2. The van der Waals surface area contributed by atoms with E-state index in [4.69, 9.17) is 16.3 Å². The van der Waals surface area contributed by atoms with Gasteiger partial charge in [-0.1, -0.05) is 37.6 Å². The van der Waals surface area contributed by atoms with Gasteiger partial charge >= 0.3 is 0 Å². The summed E-state index contributed by atoms with van der Waals surface area (Å²) < 4.78 is 32.3. The fourth-order valence-corrected chi connectivity index (χ4v) is 6.29. The summed E-state index contributed by atoms with van der Waals surface area (Å²) in [5.74, 6) is 1.95. The Morgan fingerprint density at radius 2 is 1.90 bits per heavy atom. The van der Waals surface area contributed by atoms with Crippen LogP contribution in [0.4, 0.5) is 5.69 Å². The zero-order valence-corrected chi connectivity index (χ0v) is 19.2. The smallest absolute Gasteiger partial charge is 0.272 e. The van der Waals surface area contributed by atoms with Gasteiger partial charge in [-0.05, 0) is 35.7 Å². The molecule has 2 aromatic rings. The van der Waals surface area contributed by atoms with Gasteiger partial charge in [0.2, 0.25) is 0 Å². The number of hydrogen-bond donors (Lipinski definition) is 0. The van der Waals surface area contributed by atoms with E-state index in [2.05, 4.69) is 4.90 Å². The highest BCUT2D eigenvalue weighted by Gasteiger charge is 2.43. The molecule has 30 heavy (non-hydrogen) atoms. The SMILES string of the molecule is CC(C)c1cccc2c1C(=O)N(COc1ccc(N3CCSCC3)cc1Cl)S2(=O)=O. The molecule has 4 rings (SSSR count). The van der Waals surface area contributed by atoms with Gasteiger partial charge in [0.05, 0.1) is 10.6 Å². The standard InChI is InChI=1S/C21H23ClN2O4S2/c1-14(2)16-4-3-5-19-20(16)21(25)24(30(19,26)27)13-28-18-7-6-15(12-17(18)22)23-8-10-29-11-9-23/h3-7,12,14H,8-11,13H2,1-2H3. The molecule has 1 saturated heterocycles. The molecule has 0 unspecified atom stereocenters. The average Bonchev–Trinajstić information content (AvgIpc) is 2.93. The number of anilines is 1. The number of benzene rings is 2. The minimum absolute atomic E-state index is 0.0233. The monoisotopic (exact) mass is 466 g/mol. The predicted molar refractivity (Wildman–Crippen MR) is 120 cm³/mol. The van der Waals surface area contributed by atoms with Gasteiger partial charge in [0.15, 0.2) is 6.73 Å². The third-order valence-electron chi connectivity index (χ3n) is 5.32. The van der Waals surface area contributed by atoms with Crippen LogP contribution < -0.4 is 9.64 Å². The van der Waals surface area contributed by atoms with E-state index < -0.39 is 22.7 Å². The van der Waals surface area contributed by atoms with Crippen molar-refractivity contribution >= 4 is 45.0 Å². The van der Waals surface area contributed by atoms with Crippen LogP contribution in [0.5, 0.6) is 5.75 Å². The molecule has 6 nitrogen and oxygen atoms in total. The van der Waals surface area contributed by atoms with E-state index in [0.717, 1.165) is 34.6 Å². The molecule has 2 aromatic carbocycles. The molecule has 2 aliphatic heterocycles. The third kappa shape index (κ3) is 3.76. The van der Waals surface area contributed by atoms with Crippen LogP contribution in [0.3, 0.4) is 0 Å². The quantitative estimate of drug-likeness (QED) is 0.658. The zero-order chi connectivity index (χ0) is 21.5. The molecule has 1 fully saturated rings. The van der Waals surface area contributed by atoms with E-state index in [9.17, 15) is 13.2 Å². The summed E-state index contributed by atoms with van der Waals surface area (Å²) in [4.78, 5) is 15.2. The van der Waals surface area contributed by atoms with Crippen molar-refractivity contribution in [3.63, 3.8) is 0 Å². The van der Waals surface area contributed by atoms with E-state index in [-0.39, 0.29) is 16.4 Å². The first-order chi connectivity index (χ1) is 14.3. The lowest BCUT2D eigenvalue weighted by Crippen LogP contribution is -2.34. The number of ether oxygens (including phenoxy) is 1. The molecule has 0 N–H and O–H groups in total. The topological polar surface area (TPSA) is 66.9 Å². The molecule has 2 aliphatic rings. The van der Waals surface area contributed by atoms with Gasteiger partial charge in [0, 0.05) is 30.3 Å². The molecule has 0 radical (unpaired) electrons. The zero-order valence-electron chi connectivity index (χ0n) is 16.8. The number of halogens is 1. The highest BCUT2D eigenvalue weighted by molar-refractivity contribution is 7.99. The summed E-state index contributed by atoms with van der Waals surface area (Å²) in [6, 6.07) is 10.4. The summed E-state index contributed by atoms with van der Waals surface area (Å²) in [5.41, 5.74) is 1.96. The summed E-state index contributed by atoms with van der Waals surface area (Å²) in [6.07, 6.45) is 0. The predicted octanol–water partition coefficient (Wildman–Crippen LogP) is 4.20. The van der Waals surface area contributed by atoms with Crippen LogP contribution in [0, 0.1) is 0 Å². The number of carbonyl (C=O) groups excluding carboxylic acids is 1. The second kappa shape index (κ2) is 8.32. The molecule has 0 spiro atoms. The highest BCUT2D eigenvalue weighted by Crippen LogP contribution is 2.36. The Morgan fingerprint density at radius 1 is 1.17 bits per heavy atom. The van der Waals surface area contributed by atoms with Crippen LogP contribution in [0.25, 0.3) is 0 Å². The molecule has 0 aromatic heterocycles. The van der Waals surface area contributed by atoms with Gasteiger partial charge in [-0.15, -0.1) is 0 Å². The van der Waals surface area contributed by atoms with Gasteiger partial charge in [0.25, 0.3) is 15.9 Å². The van der Waals surface area contributed by atoms with Crippen molar-refractivity contribution in [3.05, 3.63) is 52.5 Å². The van der Waals surface area contributed by atoms with Crippen LogP contribution in [0.2, 0.25) is 5.02 Å². The van der Waals surface area contributed by atoms with Crippen molar-refractivity contribution in [1.29, 1.82) is 0 Å². The Balaban J connectivity index is 1.54. The van der Waals surface area contributed by atoms with E-state index >= 15 is 0 Å². The average molecular weight is 467 g/mol. The van der Waals surface area contributed by atoms with Gasteiger partial charge in [-0.25, -0.2) is 8.42 Å². The Labute approximate surface area is 186 Å². The lowest BCUT2D eigenvalue weighted by atomic mass is 9.97. The lowest BCUT2D eigenvalue weighted by molar-refractivity contribution is 0.0789. The number of thioether (sulfide) groups is 1. The minimum Gasteiger partial charge on any atom is -0.470 e. The van der Waals surface area contributed by atoms with Crippen LogP contribution in [0.1, 0.15) is 35.7 Å². The molecular weight excluding hydrogens is 444 g/mol. The Kier molecular flexibility index (Phi) is 5.92. The normalized spacial score (nSPS) is 18.1. The third-order valence-corrected chi connectivity index (χ3v) is 8.30. The fraction of sp³-hybridized carbons (Fsp3) is 0.381. The van der Waals surface area contributed by atoms with Crippen LogP contribution >= 0.6 is 23.4 Å². The van der Waals surface area contributed by atoms with Gasteiger partial charge in [-0.3, -0.25) is 4.79 Å². The van der Waals surface area contributed by atoms with Crippen molar-refractivity contribution < 1.29 is 17.9 Å². The van der Waals surface area contributed by atoms with Crippen molar-refractivity contribution in [2.45, 2.75) is 24.7 Å². The second-order valence-corrected chi connectivity index (χ2v) is 11.0. The fourth-order valence-electron chi connectivity index (χ4n) is 3.71. The van der Waals surface area contributed by atoms with Crippen LogP contribution in [0.15, 0.2) is 41.3 Å². The second-order valence-electron chi connectivity index (χ2n) is 7.52. The molecule has 0 bridgehead atoms. The summed E-state index contributed by atoms with van der Waals surface area (Å²) in [5, 5.41) is 0.384. The Hall–Kier alpha value is -1.90. The van der Waals surface area contributed by atoms with Gasteiger partial charge in [0.1, 0.15) is 10.6 Å². The maximum absolute atomic E-state index is 12.9. The molecule has 0 atom stereocenters. The van der Waals surface area contributed by atoms with Crippen molar-refractivity contribution in [2.75, 3.05) is 36.2 Å². The highest BCUT2D eigenvalue weighted by atomic mass is 35.5. The van der Waals surface area contributed by atoms with E-state index in [0.29, 0.717) is 16.3 Å². The molecule has 2 heterocycles. The number of carbonyl (C=O) groups is 1. The van der Waals surface area contributed by atoms with E-state index in [1.807, 2.05) is 37.7 Å². The summed E-state index contributed by atoms with van der Waals surface area (Å²) in [7, 11) is -3.95. The van der Waals surface area contributed by atoms with E-state index in [1.165, 1.54) is 6.07 Å². The van der Waals surface area contributed by atoms with Crippen molar-refractivity contribution in [2.24, 2.45) is 0 Å². The maximum atomic E-state index is 12.9. The number of sulfonamides is 1. The van der Waals surface area contributed by atoms with Crippen LogP contribution in [-0.4, -0.2) is 50.0 Å². The summed E-state index contributed by atoms with van der Waals surface area (Å²) >= 11 is 8.31. The lowest BCUT2D eigenvalue weighted by Gasteiger charge is -2.28. The van der Waals surface area contributed by atoms with Crippen molar-refractivity contribution in [1.82, 2.24) is 4.31 Å². The first-order valence-corrected chi connectivity index (χ1v) is 12.7. The molecule has 9 heteroatoms. The Bertz CT molecular complexity index is 1080. The Morgan fingerprint density at radius 3 is 2.57 bits per heavy atom. The van der Waals surface area contributed by atoms with Crippen LogP contribution in [-0.2, 0) is 10.0 Å². The number of rotatable bonds is 5. The molecule has 1 amide bonds. The van der Waals surface area contributed by atoms with Crippen molar-refractivity contribution in [3.8, 4) is 5.75 Å². The molecule has 0 aliphatic carbocycles. The number of amides is 1. The number of hydrogen-bond acceptors (Lipinski definition) is 6. The number of fused-ring (bicyclic) bond motifs is 1. The van der Waals surface area contributed by atoms with Gasteiger partial charge < -0.3 is 9.64 Å². The molecule has 160 valence electrons. The summed E-state index contributed by atoms with van der Waals surface area (Å²) in [6.45, 7) is 5.34. The minimum atomic E-state index is -3.95. The number of nitrogens with zero attached hydrogens (tertiary/aromatic N) is 2. The maximum Gasteiger partial charge on any atom is 0.272 e. The largest absolute Gasteiger partial charge is 0.470 e.